The molecule has 4 nitrogen and oxygen atoms in total. The largest absolute Gasteiger partial charge is 0.430 e. The minimum Gasteiger partial charge on any atom is -0.378 e. The third-order valence-electron chi connectivity index (χ3n) is 3.66. The van der Waals surface area contributed by atoms with Crippen LogP contribution in [0.15, 0.2) is 30.0 Å². The molecule has 0 atom stereocenters. The highest BCUT2D eigenvalue weighted by Crippen LogP contribution is 2.29. The van der Waals surface area contributed by atoms with Crippen LogP contribution in [0.5, 0.6) is 0 Å². The number of nitro groups is 1. The van der Waals surface area contributed by atoms with Gasteiger partial charge >= 0.3 is 6.18 Å². The van der Waals surface area contributed by atoms with Crippen molar-refractivity contribution in [1.82, 2.24) is 5.32 Å². The van der Waals surface area contributed by atoms with E-state index in [1.54, 1.807) is 0 Å². The van der Waals surface area contributed by atoms with Crippen LogP contribution in [0.1, 0.15) is 37.7 Å². The molecule has 0 aliphatic heterocycles. The third kappa shape index (κ3) is 4.47. The Morgan fingerprint density at radius 3 is 2.55 bits per heavy atom. The van der Waals surface area contributed by atoms with Crippen molar-refractivity contribution in [1.29, 1.82) is 0 Å². The van der Waals surface area contributed by atoms with Crippen LogP contribution in [-0.2, 0) is 0 Å². The Balaban J connectivity index is 2.24. The molecule has 2 rings (SSSR count). The highest BCUT2D eigenvalue weighted by Gasteiger charge is 2.35. The smallest absolute Gasteiger partial charge is 0.378 e. The first-order valence-corrected chi connectivity index (χ1v) is 7.16. The van der Waals surface area contributed by atoms with Crippen molar-refractivity contribution in [3.63, 3.8) is 0 Å². The van der Waals surface area contributed by atoms with Gasteiger partial charge in [-0.05, 0) is 24.5 Å². The van der Waals surface area contributed by atoms with Crippen molar-refractivity contribution in [2.24, 2.45) is 0 Å². The fourth-order valence-corrected chi connectivity index (χ4v) is 2.57. The first-order chi connectivity index (χ1) is 10.4. The third-order valence-corrected chi connectivity index (χ3v) is 3.66. The molecule has 0 radical (unpaired) electrons. The van der Waals surface area contributed by atoms with E-state index in [2.05, 4.69) is 5.32 Å². The Hall–Kier alpha value is -2.05. The molecule has 1 fully saturated rings. The van der Waals surface area contributed by atoms with Crippen molar-refractivity contribution < 1.29 is 18.1 Å². The monoisotopic (exact) mass is 314 g/mol. The zero-order valence-corrected chi connectivity index (χ0v) is 11.9. The Morgan fingerprint density at radius 2 is 1.95 bits per heavy atom. The number of nitro benzene ring substituents is 1. The van der Waals surface area contributed by atoms with Gasteiger partial charge in [-0.3, -0.25) is 10.1 Å². The summed E-state index contributed by atoms with van der Waals surface area (Å²) in [5, 5.41) is 13.3. The fourth-order valence-electron chi connectivity index (χ4n) is 2.57. The van der Waals surface area contributed by atoms with Gasteiger partial charge in [0.05, 0.1) is 4.92 Å². The van der Waals surface area contributed by atoms with E-state index in [0.29, 0.717) is 12.8 Å². The quantitative estimate of drug-likeness (QED) is 0.661. The van der Waals surface area contributed by atoms with Gasteiger partial charge < -0.3 is 5.32 Å². The van der Waals surface area contributed by atoms with Gasteiger partial charge in [0.2, 0.25) is 0 Å². The number of hydrogen-bond donors (Lipinski definition) is 1. The summed E-state index contributed by atoms with van der Waals surface area (Å²) in [7, 11) is 0. The van der Waals surface area contributed by atoms with Gasteiger partial charge in [0, 0.05) is 18.2 Å². The Morgan fingerprint density at radius 1 is 1.27 bits per heavy atom. The highest BCUT2D eigenvalue weighted by atomic mass is 19.4. The van der Waals surface area contributed by atoms with E-state index in [1.165, 1.54) is 18.2 Å². The van der Waals surface area contributed by atoms with E-state index < -0.39 is 16.8 Å². The van der Waals surface area contributed by atoms with Crippen LogP contribution in [0, 0.1) is 10.1 Å². The summed E-state index contributed by atoms with van der Waals surface area (Å²) in [6, 6.07) is 4.98. The van der Waals surface area contributed by atoms with Crippen molar-refractivity contribution in [2.75, 3.05) is 0 Å². The molecule has 1 aromatic carbocycles. The number of alkyl halides is 3. The molecule has 0 unspecified atom stereocenters. The summed E-state index contributed by atoms with van der Waals surface area (Å²) < 4.78 is 39.5. The van der Waals surface area contributed by atoms with Crippen LogP contribution < -0.4 is 5.32 Å². The van der Waals surface area contributed by atoms with Crippen LogP contribution in [0.3, 0.4) is 0 Å². The molecule has 120 valence electrons. The molecular formula is C15H17F3N2O2. The average Bonchev–Trinajstić information content (AvgIpc) is 2.47. The molecule has 1 aliphatic rings. The van der Waals surface area contributed by atoms with Gasteiger partial charge in [0.15, 0.2) is 0 Å². The maximum atomic E-state index is 13.2. The first-order valence-electron chi connectivity index (χ1n) is 7.16. The molecular weight excluding hydrogens is 297 g/mol. The molecule has 0 amide bonds. The number of rotatable bonds is 4. The molecule has 0 spiro atoms. The number of allylic oxidation sites excluding steroid dienone is 1. The molecule has 0 aromatic heterocycles. The molecule has 0 bridgehead atoms. The summed E-state index contributed by atoms with van der Waals surface area (Å²) in [4.78, 5) is 10.1. The van der Waals surface area contributed by atoms with Gasteiger partial charge in [-0.1, -0.05) is 31.4 Å². The maximum absolute atomic E-state index is 13.2. The number of benzene rings is 1. The van der Waals surface area contributed by atoms with Gasteiger partial charge in [-0.25, -0.2) is 0 Å². The number of nitrogens with zero attached hydrogens (tertiary/aromatic N) is 1. The second kappa shape index (κ2) is 6.81. The maximum Gasteiger partial charge on any atom is 0.430 e. The van der Waals surface area contributed by atoms with Crippen LogP contribution in [0.25, 0.3) is 6.08 Å². The van der Waals surface area contributed by atoms with Crippen LogP contribution in [-0.4, -0.2) is 17.1 Å². The van der Waals surface area contributed by atoms with Crippen LogP contribution in [0.4, 0.5) is 18.9 Å². The molecule has 7 heteroatoms. The predicted octanol–water partition coefficient (Wildman–Crippen LogP) is 4.42. The van der Waals surface area contributed by atoms with Crippen molar-refractivity contribution in [3.05, 3.63) is 45.6 Å². The lowest BCUT2D eigenvalue weighted by Gasteiger charge is -2.26. The SMILES string of the molecule is O=[N+]([O-])c1cccc(/C=C(\NC2CCCCC2)C(F)(F)F)c1. The van der Waals surface area contributed by atoms with E-state index in [1.807, 2.05) is 0 Å². The highest BCUT2D eigenvalue weighted by molar-refractivity contribution is 5.56. The lowest BCUT2D eigenvalue weighted by molar-refractivity contribution is -0.384. The first kappa shape index (κ1) is 16.3. The van der Waals surface area contributed by atoms with Crippen molar-refractivity contribution in [3.8, 4) is 0 Å². The summed E-state index contributed by atoms with van der Waals surface area (Å²) in [5.41, 5.74) is -0.919. The number of nitrogens with one attached hydrogen (secondary N) is 1. The second-order valence-corrected chi connectivity index (χ2v) is 5.39. The standard InChI is InChI=1S/C15H17F3N2O2/c16-15(17,18)14(19-12-6-2-1-3-7-12)10-11-5-4-8-13(9-11)20(21)22/h4-5,8-10,12,19H,1-3,6-7H2/b14-10-. The summed E-state index contributed by atoms with van der Waals surface area (Å²) >= 11 is 0. The lowest BCUT2D eigenvalue weighted by atomic mass is 9.95. The summed E-state index contributed by atoms with van der Waals surface area (Å²) in [6.45, 7) is 0. The summed E-state index contributed by atoms with van der Waals surface area (Å²) in [5.74, 6) is 0. The van der Waals surface area contributed by atoms with E-state index in [-0.39, 0.29) is 17.3 Å². The minimum atomic E-state index is -4.51. The zero-order valence-electron chi connectivity index (χ0n) is 11.9. The van der Waals surface area contributed by atoms with E-state index >= 15 is 0 Å². The lowest BCUT2D eigenvalue weighted by Crippen LogP contribution is -2.36. The summed E-state index contributed by atoms with van der Waals surface area (Å²) in [6.07, 6.45) is 0.724. The topological polar surface area (TPSA) is 55.2 Å². The molecule has 22 heavy (non-hydrogen) atoms. The normalized spacial score (nSPS) is 17.3. The average molecular weight is 314 g/mol. The van der Waals surface area contributed by atoms with Crippen LogP contribution in [0.2, 0.25) is 0 Å². The molecule has 0 saturated heterocycles. The van der Waals surface area contributed by atoms with Gasteiger partial charge in [-0.15, -0.1) is 0 Å². The Kier molecular flexibility index (Phi) is 5.05. The minimum absolute atomic E-state index is 0.157. The zero-order chi connectivity index (χ0) is 16.2. The van der Waals surface area contributed by atoms with Gasteiger partial charge in [-0.2, -0.15) is 13.2 Å². The number of halogens is 3. The molecule has 1 saturated carbocycles. The number of non-ortho nitro benzene ring substituents is 1. The Bertz CT molecular complexity index is 564. The van der Waals surface area contributed by atoms with E-state index in [0.717, 1.165) is 31.4 Å². The Labute approximate surface area is 126 Å². The molecule has 1 N–H and O–H groups in total. The van der Waals surface area contributed by atoms with E-state index in [9.17, 15) is 23.3 Å². The van der Waals surface area contributed by atoms with Gasteiger partial charge in [0.25, 0.3) is 5.69 Å². The molecule has 1 aliphatic carbocycles. The predicted molar refractivity (Wildman–Crippen MR) is 77.1 cm³/mol. The van der Waals surface area contributed by atoms with Crippen LogP contribution >= 0.6 is 0 Å². The van der Waals surface area contributed by atoms with Gasteiger partial charge in [0.1, 0.15) is 5.70 Å². The fraction of sp³-hybridized carbons (Fsp3) is 0.467. The molecule has 0 heterocycles. The number of hydrogen-bond acceptors (Lipinski definition) is 3. The van der Waals surface area contributed by atoms with Crippen molar-refractivity contribution >= 4 is 11.8 Å². The molecule has 1 aromatic rings. The van der Waals surface area contributed by atoms with Crippen molar-refractivity contribution in [2.45, 2.75) is 44.3 Å². The van der Waals surface area contributed by atoms with E-state index in [4.69, 9.17) is 0 Å². The second-order valence-electron chi connectivity index (χ2n) is 5.39.